The van der Waals surface area contributed by atoms with Gasteiger partial charge in [-0.25, -0.2) is 14.2 Å². The van der Waals surface area contributed by atoms with Crippen molar-refractivity contribution in [1.82, 2.24) is 19.1 Å². The Hall–Kier alpha value is -2.83. The largest absolute Gasteiger partial charge is 0.472 e. The Morgan fingerprint density at radius 3 is 2.03 bits per heavy atom. The predicted molar refractivity (Wildman–Crippen MR) is 113 cm³/mol. The van der Waals surface area contributed by atoms with Gasteiger partial charge in [0.25, 0.3) is 11.1 Å². The van der Waals surface area contributed by atoms with Gasteiger partial charge in [0, 0.05) is 12.8 Å². The number of nitrogens with one attached hydrogen (secondary N) is 2. The molecule has 0 aromatic carbocycles. The number of aliphatic hydroxyl groups excluding tert-OH is 2. The molecule has 1 unspecified atom stereocenters. The minimum Gasteiger partial charge on any atom is -0.394 e. The molecule has 0 amide bonds. The summed E-state index contributed by atoms with van der Waals surface area (Å²) in [4.78, 5) is 59.9. The normalized spacial score (nSPS) is 29.4. The lowest BCUT2D eigenvalue weighted by atomic mass is 10.2. The van der Waals surface area contributed by atoms with Crippen molar-refractivity contribution in [1.29, 1.82) is 0 Å². The number of aromatic nitrogens is 4. The third kappa shape index (κ3) is 5.86. The van der Waals surface area contributed by atoms with E-state index >= 15 is 0 Å². The Morgan fingerprint density at radius 2 is 1.49 bits per heavy atom. The first-order valence-corrected chi connectivity index (χ1v) is 12.2. The maximum atomic E-state index is 13.6. The van der Waals surface area contributed by atoms with Crippen LogP contribution in [0.5, 0.6) is 0 Å². The van der Waals surface area contributed by atoms with Gasteiger partial charge in [-0.2, -0.15) is 8.78 Å². The van der Waals surface area contributed by atoms with E-state index in [0.29, 0.717) is 21.5 Å². The van der Waals surface area contributed by atoms with Gasteiger partial charge in [-0.3, -0.25) is 37.7 Å². The summed E-state index contributed by atoms with van der Waals surface area (Å²) in [6.45, 7) is -1.45. The quantitative estimate of drug-likeness (QED) is 0.219. The van der Waals surface area contributed by atoms with E-state index in [1.807, 2.05) is 0 Å². The van der Waals surface area contributed by atoms with Crippen LogP contribution in [0.15, 0.2) is 31.6 Å². The SMILES string of the molecule is O=c1[nH]c(=O)n([C@H]2C[C@@H](O)[C@H](COP(=O)(O)O[C@H]3C[C@H](n4cc(F)c(=O)[nH]c4=O)O[C@@H]3CO)O2)cc1F. The number of aromatic amines is 2. The molecule has 16 nitrogen and oxygen atoms in total. The summed E-state index contributed by atoms with van der Waals surface area (Å²) in [7, 11) is -4.91. The highest BCUT2D eigenvalue weighted by Gasteiger charge is 2.43. The third-order valence-corrected chi connectivity index (χ3v) is 6.72. The number of nitrogens with zero attached hydrogens (tertiary/aromatic N) is 2. The van der Waals surface area contributed by atoms with Crippen LogP contribution >= 0.6 is 7.82 Å². The first-order chi connectivity index (χ1) is 17.4. The monoisotopic (exact) mass is 554 g/mol. The van der Waals surface area contributed by atoms with E-state index in [2.05, 4.69) is 0 Å². The molecule has 4 rings (SSSR count). The van der Waals surface area contributed by atoms with Crippen LogP contribution in [0.1, 0.15) is 25.3 Å². The molecule has 0 aliphatic carbocycles. The number of hydrogen-bond donors (Lipinski definition) is 5. The number of aliphatic hydroxyl groups is 2. The highest BCUT2D eigenvalue weighted by Crippen LogP contribution is 2.48. The van der Waals surface area contributed by atoms with Gasteiger partial charge in [-0.1, -0.05) is 0 Å². The zero-order valence-corrected chi connectivity index (χ0v) is 19.5. The van der Waals surface area contributed by atoms with Crippen molar-refractivity contribution in [3.63, 3.8) is 0 Å². The number of H-pyrrole nitrogens is 2. The molecule has 0 spiro atoms. The fourth-order valence-corrected chi connectivity index (χ4v) is 4.86. The second-order valence-corrected chi connectivity index (χ2v) is 9.58. The molecule has 2 aliphatic rings. The minimum absolute atomic E-state index is 0.245. The summed E-state index contributed by atoms with van der Waals surface area (Å²) >= 11 is 0. The number of rotatable bonds is 8. The molecular formula is C18H21F2N4O12P. The van der Waals surface area contributed by atoms with E-state index in [-0.39, 0.29) is 12.8 Å². The minimum atomic E-state index is -4.91. The Morgan fingerprint density at radius 1 is 0.973 bits per heavy atom. The first kappa shape index (κ1) is 27.2. The molecule has 19 heteroatoms. The molecule has 2 fully saturated rings. The molecular weight excluding hydrogens is 533 g/mol. The number of ether oxygens (including phenoxy) is 2. The molecule has 4 heterocycles. The smallest absolute Gasteiger partial charge is 0.394 e. The number of phosphoric acid groups is 1. The Kier molecular flexibility index (Phi) is 7.72. The van der Waals surface area contributed by atoms with Crippen LogP contribution in [-0.2, 0) is 23.1 Å². The van der Waals surface area contributed by atoms with Crippen LogP contribution in [0.25, 0.3) is 0 Å². The van der Waals surface area contributed by atoms with Crippen LogP contribution in [0.4, 0.5) is 8.78 Å². The van der Waals surface area contributed by atoms with E-state index in [0.717, 1.165) is 0 Å². The highest BCUT2D eigenvalue weighted by molar-refractivity contribution is 7.47. The molecule has 5 N–H and O–H groups in total. The fourth-order valence-electron chi connectivity index (χ4n) is 3.90. The van der Waals surface area contributed by atoms with Crippen LogP contribution < -0.4 is 22.5 Å². The number of hydrogen-bond acceptors (Lipinski definition) is 11. The van der Waals surface area contributed by atoms with Gasteiger partial charge in [0.1, 0.15) is 30.8 Å². The van der Waals surface area contributed by atoms with Crippen molar-refractivity contribution in [2.45, 2.75) is 49.7 Å². The molecule has 0 bridgehead atoms. The maximum Gasteiger partial charge on any atom is 0.472 e. The lowest BCUT2D eigenvalue weighted by molar-refractivity contribution is -0.0578. The zero-order chi connectivity index (χ0) is 27.1. The second kappa shape index (κ2) is 10.5. The summed E-state index contributed by atoms with van der Waals surface area (Å²) in [5.74, 6) is -2.56. The van der Waals surface area contributed by atoms with Gasteiger partial charge in [0.2, 0.25) is 11.6 Å². The fraction of sp³-hybridized carbons (Fsp3) is 0.556. The van der Waals surface area contributed by atoms with Crippen molar-refractivity contribution in [2.24, 2.45) is 0 Å². The zero-order valence-electron chi connectivity index (χ0n) is 18.6. The van der Waals surface area contributed by atoms with Gasteiger partial charge in [-0.15, -0.1) is 0 Å². The molecule has 2 saturated heterocycles. The number of phosphoric ester groups is 1. The lowest BCUT2D eigenvalue weighted by Crippen LogP contribution is -2.34. The molecule has 0 radical (unpaired) electrons. The van der Waals surface area contributed by atoms with Crippen molar-refractivity contribution in [3.05, 3.63) is 65.7 Å². The summed E-state index contributed by atoms with van der Waals surface area (Å²) < 4.78 is 61.7. The van der Waals surface area contributed by atoms with E-state index in [9.17, 15) is 47.6 Å². The topological polar surface area (TPSA) is 224 Å². The second-order valence-electron chi connectivity index (χ2n) is 8.18. The average molecular weight is 554 g/mol. The Balaban J connectivity index is 1.39. The predicted octanol–water partition coefficient (Wildman–Crippen LogP) is -2.20. The van der Waals surface area contributed by atoms with Crippen LogP contribution in [0.2, 0.25) is 0 Å². The Labute approximate surface area is 203 Å². The summed E-state index contributed by atoms with van der Waals surface area (Å²) in [6.07, 6.45) is -7.04. The van der Waals surface area contributed by atoms with Crippen molar-refractivity contribution in [3.8, 4) is 0 Å². The van der Waals surface area contributed by atoms with E-state index < -0.39 is 92.0 Å². The van der Waals surface area contributed by atoms with E-state index in [1.165, 1.54) is 0 Å². The lowest BCUT2D eigenvalue weighted by Gasteiger charge is -2.21. The van der Waals surface area contributed by atoms with Crippen molar-refractivity contribution < 1.29 is 47.0 Å². The van der Waals surface area contributed by atoms with Gasteiger partial charge in [-0.05, 0) is 0 Å². The summed E-state index contributed by atoms with van der Waals surface area (Å²) in [5, 5.41) is 19.7. The number of halogens is 2. The van der Waals surface area contributed by atoms with Gasteiger partial charge in [0.15, 0.2) is 0 Å². The maximum absolute atomic E-state index is 13.6. The molecule has 204 valence electrons. The van der Waals surface area contributed by atoms with Crippen molar-refractivity contribution in [2.75, 3.05) is 13.2 Å². The van der Waals surface area contributed by atoms with Crippen LogP contribution in [-0.4, -0.2) is 71.8 Å². The van der Waals surface area contributed by atoms with E-state index in [1.54, 1.807) is 9.97 Å². The van der Waals surface area contributed by atoms with Gasteiger partial charge >= 0.3 is 19.2 Å². The van der Waals surface area contributed by atoms with Gasteiger partial charge < -0.3 is 24.6 Å². The molecule has 0 saturated carbocycles. The standard InChI is InChI=1S/C18H21F2N4O12P/c19-7-3-23(17(29)21-15(7)27)13-1-9(26)12(35-13)6-33-37(31,32)36-10-2-14(34-11(10)5-25)24-4-8(20)16(28)22-18(24)30/h3-4,9-14,25-26H,1-2,5-6H2,(H,31,32)(H,21,27,29)(H,22,28,30)/t9-,10+,11-,12+,13-,14-/m1/s1. The molecule has 7 atom stereocenters. The van der Waals surface area contributed by atoms with Crippen LogP contribution in [0.3, 0.4) is 0 Å². The molecule has 37 heavy (non-hydrogen) atoms. The first-order valence-electron chi connectivity index (χ1n) is 10.7. The Bertz CT molecular complexity index is 1440. The average Bonchev–Trinajstić information content (AvgIpc) is 3.39. The van der Waals surface area contributed by atoms with Crippen molar-refractivity contribution >= 4 is 7.82 Å². The third-order valence-electron chi connectivity index (χ3n) is 5.70. The highest BCUT2D eigenvalue weighted by atomic mass is 31.2. The molecule has 2 aliphatic heterocycles. The summed E-state index contributed by atoms with van der Waals surface area (Å²) in [5.41, 5.74) is -4.53. The molecule has 2 aromatic heterocycles. The summed E-state index contributed by atoms with van der Waals surface area (Å²) in [6, 6.07) is 0. The van der Waals surface area contributed by atoms with Gasteiger partial charge in [0.05, 0.1) is 31.7 Å². The van der Waals surface area contributed by atoms with Crippen LogP contribution in [0, 0.1) is 11.6 Å². The molecule has 2 aromatic rings. The van der Waals surface area contributed by atoms with E-state index in [4.69, 9.17) is 18.5 Å².